The van der Waals surface area contributed by atoms with Gasteiger partial charge in [0.25, 0.3) is 5.91 Å². The number of benzene rings is 1. The van der Waals surface area contributed by atoms with Crippen molar-refractivity contribution in [2.75, 3.05) is 13.1 Å². The molecule has 1 saturated heterocycles. The molecule has 2 aliphatic heterocycles. The molecule has 4 atom stereocenters. The van der Waals surface area contributed by atoms with Gasteiger partial charge in [-0.3, -0.25) is 14.5 Å². The summed E-state index contributed by atoms with van der Waals surface area (Å²) in [5.74, 6) is -0.144. The number of carbonyl (C=O) groups is 2. The number of amides is 1. The largest absolute Gasteiger partial charge is 0.480 e. The lowest BCUT2D eigenvalue weighted by atomic mass is 9.49. The van der Waals surface area contributed by atoms with Crippen molar-refractivity contribution in [3.63, 3.8) is 0 Å². The van der Waals surface area contributed by atoms with Gasteiger partial charge >= 0.3 is 0 Å². The summed E-state index contributed by atoms with van der Waals surface area (Å²) in [7, 11) is 0. The number of likely N-dealkylation sites (tertiary alicyclic amines) is 1. The van der Waals surface area contributed by atoms with Gasteiger partial charge in [0.15, 0.2) is 11.9 Å². The van der Waals surface area contributed by atoms with E-state index in [9.17, 15) is 14.7 Å². The van der Waals surface area contributed by atoms with Gasteiger partial charge in [-0.25, -0.2) is 0 Å². The number of piperidine rings is 1. The van der Waals surface area contributed by atoms with E-state index in [0.717, 1.165) is 17.7 Å². The van der Waals surface area contributed by atoms with Crippen molar-refractivity contribution in [2.45, 2.75) is 48.8 Å². The number of hydrogen-bond donors (Lipinski definition) is 2. The summed E-state index contributed by atoms with van der Waals surface area (Å²) in [4.78, 5) is 26.9. The molecule has 6 heteroatoms. The summed E-state index contributed by atoms with van der Waals surface area (Å²) in [5, 5.41) is 11.9. The number of aliphatic hydroxyl groups is 1. The third-order valence-electron chi connectivity index (χ3n) is 7.02. The Labute approximate surface area is 151 Å². The monoisotopic (exact) mass is 354 g/mol. The molecule has 2 aliphatic carbocycles. The number of nitrogens with two attached hydrogens (primary N) is 1. The highest BCUT2D eigenvalue weighted by Gasteiger charge is 2.72. The first kappa shape index (κ1) is 16.0. The van der Waals surface area contributed by atoms with Crippen molar-refractivity contribution in [2.24, 2.45) is 5.73 Å². The third-order valence-corrected chi connectivity index (χ3v) is 7.02. The molecule has 2 bridgehead atoms. The molecule has 1 aromatic rings. The smallest absolute Gasteiger partial charge is 0.252 e. The Morgan fingerprint density at radius 3 is 3.00 bits per heavy atom. The van der Waals surface area contributed by atoms with Crippen LogP contribution in [-0.4, -0.2) is 52.5 Å². The van der Waals surface area contributed by atoms with Crippen molar-refractivity contribution >= 4 is 11.7 Å². The fraction of sp³-hybridized carbons (Fsp3) is 0.500. The van der Waals surface area contributed by atoms with Gasteiger partial charge in [0.1, 0.15) is 5.75 Å². The molecule has 3 N–H and O–H groups in total. The zero-order chi connectivity index (χ0) is 18.3. The van der Waals surface area contributed by atoms with E-state index in [-0.39, 0.29) is 18.2 Å². The molecule has 5 rings (SSSR count). The van der Waals surface area contributed by atoms with Crippen LogP contribution >= 0.6 is 0 Å². The predicted octanol–water partition coefficient (Wildman–Crippen LogP) is 0.695. The van der Waals surface area contributed by atoms with Crippen LogP contribution in [-0.2, 0) is 16.6 Å². The van der Waals surface area contributed by atoms with E-state index in [1.807, 2.05) is 12.1 Å². The Morgan fingerprint density at radius 1 is 1.46 bits per heavy atom. The molecule has 2 heterocycles. The van der Waals surface area contributed by atoms with Gasteiger partial charge in [0, 0.05) is 31.1 Å². The Kier molecular flexibility index (Phi) is 3.06. The molecular formula is C20H22N2O4. The molecular weight excluding hydrogens is 332 g/mol. The summed E-state index contributed by atoms with van der Waals surface area (Å²) in [6.45, 7) is 5.30. The molecule has 1 saturated carbocycles. The summed E-state index contributed by atoms with van der Waals surface area (Å²) < 4.78 is 6.09. The molecule has 2 fully saturated rings. The second-order valence-corrected chi connectivity index (χ2v) is 7.95. The number of rotatable bonds is 3. The van der Waals surface area contributed by atoms with Crippen LogP contribution in [0.2, 0.25) is 0 Å². The molecule has 0 aromatic heterocycles. The van der Waals surface area contributed by atoms with Crippen LogP contribution in [0.1, 0.15) is 40.7 Å². The number of nitrogens with zero attached hydrogens (tertiary/aromatic N) is 1. The van der Waals surface area contributed by atoms with Crippen molar-refractivity contribution < 1.29 is 19.4 Å². The molecule has 6 nitrogen and oxygen atoms in total. The summed E-state index contributed by atoms with van der Waals surface area (Å²) in [6.07, 6.45) is 3.11. The molecule has 0 unspecified atom stereocenters. The minimum absolute atomic E-state index is 0.00469. The molecule has 1 spiro atoms. The van der Waals surface area contributed by atoms with Crippen LogP contribution in [0.4, 0.5) is 0 Å². The normalized spacial score (nSPS) is 37.0. The van der Waals surface area contributed by atoms with Crippen LogP contribution < -0.4 is 10.5 Å². The van der Waals surface area contributed by atoms with Crippen molar-refractivity contribution in [1.29, 1.82) is 0 Å². The standard InChI is InChI=1S/C20H22N2O4/c1-2-8-22-9-7-19-15-11-3-4-12(18(21)24)16(15)26-17(19)13(23)5-6-20(19,25)14(22)10-11/h2-4,14,17,25H,1,5-10H2,(H2,21,24)/t14-,17+,19+,20-/m1/s1. The highest BCUT2D eigenvalue weighted by molar-refractivity contribution is 5.98. The second-order valence-electron chi connectivity index (χ2n) is 7.95. The minimum atomic E-state index is -1.05. The highest BCUT2D eigenvalue weighted by Crippen LogP contribution is 2.63. The van der Waals surface area contributed by atoms with E-state index in [4.69, 9.17) is 10.5 Å². The van der Waals surface area contributed by atoms with Gasteiger partial charge in [-0.15, -0.1) is 6.58 Å². The molecule has 1 aromatic carbocycles. The first-order valence-electron chi connectivity index (χ1n) is 9.17. The lowest BCUT2D eigenvalue weighted by Crippen LogP contribution is -2.76. The number of ketones is 1. The number of ether oxygens (including phenoxy) is 1. The molecule has 4 aliphatic rings. The van der Waals surface area contributed by atoms with Gasteiger partial charge < -0.3 is 15.6 Å². The van der Waals surface area contributed by atoms with Gasteiger partial charge in [-0.2, -0.15) is 0 Å². The quantitative estimate of drug-likeness (QED) is 0.780. The van der Waals surface area contributed by atoms with E-state index < -0.39 is 23.0 Å². The summed E-state index contributed by atoms with van der Waals surface area (Å²) >= 11 is 0. The topological polar surface area (TPSA) is 92.9 Å². The van der Waals surface area contributed by atoms with E-state index >= 15 is 0 Å². The van der Waals surface area contributed by atoms with E-state index in [1.54, 1.807) is 6.07 Å². The average molecular weight is 354 g/mol. The van der Waals surface area contributed by atoms with Gasteiger partial charge in [0.05, 0.1) is 16.6 Å². The molecule has 1 amide bonds. The molecule has 0 radical (unpaired) electrons. The van der Waals surface area contributed by atoms with E-state index in [2.05, 4.69) is 11.5 Å². The lowest BCUT2D eigenvalue weighted by Gasteiger charge is -2.62. The van der Waals surface area contributed by atoms with Gasteiger partial charge in [0.2, 0.25) is 0 Å². The number of hydrogen-bond acceptors (Lipinski definition) is 5. The first-order valence-corrected chi connectivity index (χ1v) is 9.17. The third kappa shape index (κ3) is 1.60. The number of carbonyl (C=O) groups excluding carboxylic acids is 2. The van der Waals surface area contributed by atoms with Crippen molar-refractivity contribution in [1.82, 2.24) is 4.90 Å². The maximum atomic E-state index is 12.8. The lowest BCUT2D eigenvalue weighted by molar-refractivity contribution is -0.187. The maximum Gasteiger partial charge on any atom is 0.252 e. The fourth-order valence-corrected chi connectivity index (χ4v) is 6.01. The average Bonchev–Trinajstić information content (AvgIpc) is 2.95. The predicted molar refractivity (Wildman–Crippen MR) is 94.1 cm³/mol. The Balaban J connectivity index is 1.80. The Morgan fingerprint density at radius 2 is 2.27 bits per heavy atom. The van der Waals surface area contributed by atoms with Crippen LogP contribution in [0.5, 0.6) is 5.75 Å². The molecule has 136 valence electrons. The Hall–Kier alpha value is -2.18. The summed E-state index contributed by atoms with van der Waals surface area (Å²) in [5.41, 5.74) is 5.91. The van der Waals surface area contributed by atoms with E-state index in [1.165, 1.54) is 0 Å². The minimum Gasteiger partial charge on any atom is -0.480 e. The highest BCUT2D eigenvalue weighted by atomic mass is 16.5. The van der Waals surface area contributed by atoms with Crippen molar-refractivity contribution in [3.8, 4) is 5.75 Å². The second kappa shape index (κ2) is 4.96. The number of primary amides is 1. The SMILES string of the molecule is C=CCN1CC[C@]23c4c5ccc(C(N)=O)c4O[C@H]2C(=O)CC[C@@]3(O)[C@H]1C5. The molecule has 26 heavy (non-hydrogen) atoms. The van der Waals surface area contributed by atoms with Crippen LogP contribution in [0.25, 0.3) is 0 Å². The van der Waals surface area contributed by atoms with Gasteiger partial charge in [-0.1, -0.05) is 12.1 Å². The first-order chi connectivity index (χ1) is 12.4. The Bertz CT molecular complexity index is 866. The van der Waals surface area contributed by atoms with Crippen LogP contribution in [0.15, 0.2) is 24.8 Å². The van der Waals surface area contributed by atoms with E-state index in [0.29, 0.717) is 37.1 Å². The summed E-state index contributed by atoms with van der Waals surface area (Å²) in [6, 6.07) is 3.51. The number of Topliss-reactive ketones (excluding diaryl/α,β-unsaturated/α-hetero) is 1. The van der Waals surface area contributed by atoms with Crippen LogP contribution in [0.3, 0.4) is 0 Å². The zero-order valence-electron chi connectivity index (χ0n) is 14.5. The fourth-order valence-electron chi connectivity index (χ4n) is 6.01. The van der Waals surface area contributed by atoms with Crippen LogP contribution in [0, 0.1) is 0 Å². The maximum absolute atomic E-state index is 12.8. The van der Waals surface area contributed by atoms with Crippen molar-refractivity contribution in [3.05, 3.63) is 41.5 Å². The van der Waals surface area contributed by atoms with Gasteiger partial charge in [-0.05, 0) is 30.9 Å². The zero-order valence-corrected chi connectivity index (χ0v) is 14.5.